The minimum Gasteiger partial charge on any atom is -0.451 e. The van der Waals surface area contributed by atoms with E-state index in [1.165, 1.54) is 37.3 Å². The smallest absolute Gasteiger partial charge is 0.374 e. The number of hydrogen-bond acceptors (Lipinski definition) is 5. The first kappa shape index (κ1) is 19.3. The highest BCUT2D eigenvalue weighted by Gasteiger charge is 2.22. The number of halogens is 1. The molecule has 0 spiro atoms. The van der Waals surface area contributed by atoms with E-state index in [2.05, 4.69) is 4.98 Å². The minimum absolute atomic E-state index is 0.0732. The number of ketones is 2. The lowest BCUT2D eigenvalue weighted by Gasteiger charge is -2.03. The number of carbonyl (C=O) groups is 3. The van der Waals surface area contributed by atoms with Gasteiger partial charge in [0.15, 0.2) is 12.4 Å². The molecule has 6 nitrogen and oxygen atoms in total. The summed E-state index contributed by atoms with van der Waals surface area (Å²) in [4.78, 5) is 39.0. The van der Waals surface area contributed by atoms with E-state index in [0.717, 1.165) is 0 Å². The van der Waals surface area contributed by atoms with Gasteiger partial charge in [0.05, 0.1) is 5.69 Å². The van der Waals surface area contributed by atoms with E-state index >= 15 is 0 Å². The number of aromatic nitrogens is 1. The number of Topliss-reactive ketones (excluding diaryl/α,β-unsaturated/α-hetero) is 2. The second kappa shape index (κ2) is 7.64. The van der Waals surface area contributed by atoms with Crippen molar-refractivity contribution in [1.82, 2.24) is 4.98 Å². The van der Waals surface area contributed by atoms with Gasteiger partial charge >= 0.3 is 5.97 Å². The SMILES string of the molecule is CC(=O)c1c(C)[nH]c(C(=O)COC(=O)c2ccc(-c3ccc(F)cc3)o2)c1C. The van der Waals surface area contributed by atoms with Crippen molar-refractivity contribution in [1.29, 1.82) is 0 Å². The standard InChI is InChI=1S/C21H18FNO5/c1-11-19(13(3)24)12(2)23-20(11)16(25)10-27-21(26)18-9-8-17(28-18)14-4-6-15(22)7-5-14/h4-9,23H,10H2,1-3H3. The van der Waals surface area contributed by atoms with Crippen molar-refractivity contribution < 1.29 is 27.9 Å². The fraction of sp³-hybridized carbons (Fsp3) is 0.190. The molecule has 7 heteroatoms. The molecule has 3 aromatic rings. The van der Waals surface area contributed by atoms with Crippen molar-refractivity contribution in [2.24, 2.45) is 0 Å². The summed E-state index contributed by atoms with van der Waals surface area (Å²) in [5.74, 6) is -1.47. The second-order valence-corrected chi connectivity index (χ2v) is 6.35. The number of ether oxygens (including phenoxy) is 1. The molecule has 0 aliphatic carbocycles. The molecule has 0 bridgehead atoms. The molecule has 2 aromatic heterocycles. The summed E-state index contributed by atoms with van der Waals surface area (Å²) in [5.41, 5.74) is 2.43. The first-order valence-corrected chi connectivity index (χ1v) is 8.54. The molecule has 3 rings (SSSR count). The van der Waals surface area contributed by atoms with Gasteiger partial charge in [-0.3, -0.25) is 9.59 Å². The zero-order chi connectivity index (χ0) is 20.4. The van der Waals surface area contributed by atoms with E-state index in [4.69, 9.17) is 9.15 Å². The van der Waals surface area contributed by atoms with Crippen molar-refractivity contribution in [3.05, 3.63) is 70.5 Å². The largest absolute Gasteiger partial charge is 0.451 e. The van der Waals surface area contributed by atoms with Gasteiger partial charge in [-0.05, 0) is 62.7 Å². The molecule has 0 unspecified atom stereocenters. The fourth-order valence-electron chi connectivity index (χ4n) is 3.05. The Morgan fingerprint density at radius 3 is 2.36 bits per heavy atom. The number of nitrogens with one attached hydrogen (secondary N) is 1. The summed E-state index contributed by atoms with van der Waals surface area (Å²) in [6, 6.07) is 8.59. The zero-order valence-corrected chi connectivity index (χ0v) is 15.6. The van der Waals surface area contributed by atoms with Gasteiger partial charge in [-0.15, -0.1) is 0 Å². The van der Waals surface area contributed by atoms with Crippen LogP contribution >= 0.6 is 0 Å². The summed E-state index contributed by atoms with van der Waals surface area (Å²) < 4.78 is 23.5. The van der Waals surface area contributed by atoms with E-state index in [-0.39, 0.29) is 23.1 Å². The molecule has 0 radical (unpaired) electrons. The predicted octanol–water partition coefficient (Wildman–Crippen LogP) is 4.27. The normalized spacial score (nSPS) is 10.7. The van der Waals surface area contributed by atoms with Crippen LogP contribution in [0.1, 0.15) is 49.6 Å². The highest BCUT2D eigenvalue weighted by molar-refractivity contribution is 6.04. The molecule has 0 aliphatic rings. The number of hydrogen-bond donors (Lipinski definition) is 1. The molecule has 28 heavy (non-hydrogen) atoms. The van der Waals surface area contributed by atoms with Crippen molar-refractivity contribution in [2.75, 3.05) is 6.61 Å². The van der Waals surface area contributed by atoms with E-state index in [0.29, 0.717) is 28.1 Å². The Labute approximate surface area is 160 Å². The Hall–Kier alpha value is -3.48. The van der Waals surface area contributed by atoms with E-state index in [9.17, 15) is 18.8 Å². The van der Waals surface area contributed by atoms with Gasteiger partial charge in [0.2, 0.25) is 11.5 Å². The number of H-pyrrole nitrogens is 1. The van der Waals surface area contributed by atoms with Gasteiger partial charge in [0.25, 0.3) is 0 Å². The second-order valence-electron chi connectivity index (χ2n) is 6.35. The van der Waals surface area contributed by atoms with Gasteiger partial charge in [-0.25, -0.2) is 9.18 Å². The maximum absolute atomic E-state index is 13.0. The summed E-state index contributed by atoms with van der Waals surface area (Å²) in [7, 11) is 0. The third-order valence-electron chi connectivity index (χ3n) is 4.34. The van der Waals surface area contributed by atoms with Crippen LogP contribution in [0.4, 0.5) is 4.39 Å². The molecule has 0 amide bonds. The molecular formula is C21H18FNO5. The molecule has 0 saturated carbocycles. The summed E-state index contributed by atoms with van der Waals surface area (Å²) in [6.45, 7) is 4.29. The molecule has 0 atom stereocenters. The van der Waals surface area contributed by atoms with Crippen LogP contribution in [0, 0.1) is 19.7 Å². The lowest BCUT2D eigenvalue weighted by molar-refractivity contribution is 0.0443. The summed E-state index contributed by atoms with van der Waals surface area (Å²) in [5, 5.41) is 0. The molecule has 1 N–H and O–H groups in total. The van der Waals surface area contributed by atoms with Gasteiger partial charge in [-0.2, -0.15) is 0 Å². The number of aryl methyl sites for hydroxylation is 1. The van der Waals surface area contributed by atoms with Crippen molar-refractivity contribution in [3.63, 3.8) is 0 Å². The van der Waals surface area contributed by atoms with Crippen LogP contribution in [0.25, 0.3) is 11.3 Å². The van der Waals surface area contributed by atoms with Crippen LogP contribution in [0.5, 0.6) is 0 Å². The number of rotatable bonds is 6. The number of aromatic amines is 1. The topological polar surface area (TPSA) is 89.4 Å². The number of carbonyl (C=O) groups excluding carboxylic acids is 3. The summed E-state index contributed by atoms with van der Waals surface area (Å²) in [6.07, 6.45) is 0. The van der Waals surface area contributed by atoms with Crippen LogP contribution in [0.3, 0.4) is 0 Å². The van der Waals surface area contributed by atoms with Crippen molar-refractivity contribution >= 4 is 17.5 Å². The van der Waals surface area contributed by atoms with Crippen LogP contribution in [0.2, 0.25) is 0 Å². The Morgan fingerprint density at radius 1 is 1.07 bits per heavy atom. The Kier molecular flexibility index (Phi) is 5.26. The van der Waals surface area contributed by atoms with Gasteiger partial charge in [-0.1, -0.05) is 0 Å². The minimum atomic E-state index is -0.797. The predicted molar refractivity (Wildman–Crippen MR) is 99.0 cm³/mol. The Morgan fingerprint density at radius 2 is 1.75 bits per heavy atom. The first-order valence-electron chi connectivity index (χ1n) is 8.54. The van der Waals surface area contributed by atoms with E-state index < -0.39 is 18.4 Å². The molecule has 1 aromatic carbocycles. The maximum atomic E-state index is 13.0. The van der Waals surface area contributed by atoms with Gasteiger partial charge in [0, 0.05) is 16.8 Å². The van der Waals surface area contributed by atoms with Crippen LogP contribution in [-0.4, -0.2) is 29.1 Å². The van der Waals surface area contributed by atoms with Crippen LogP contribution in [-0.2, 0) is 4.74 Å². The number of esters is 1. The maximum Gasteiger partial charge on any atom is 0.374 e. The highest BCUT2D eigenvalue weighted by Crippen LogP contribution is 2.23. The van der Waals surface area contributed by atoms with Crippen molar-refractivity contribution in [2.45, 2.75) is 20.8 Å². The molecule has 144 valence electrons. The van der Waals surface area contributed by atoms with E-state index in [1.54, 1.807) is 19.9 Å². The molecular weight excluding hydrogens is 365 g/mol. The lowest BCUT2D eigenvalue weighted by atomic mass is 10.1. The van der Waals surface area contributed by atoms with Gasteiger partial charge in [0.1, 0.15) is 11.6 Å². The lowest BCUT2D eigenvalue weighted by Crippen LogP contribution is -2.15. The molecule has 2 heterocycles. The first-order chi connectivity index (χ1) is 13.3. The van der Waals surface area contributed by atoms with Crippen molar-refractivity contribution in [3.8, 4) is 11.3 Å². The van der Waals surface area contributed by atoms with Gasteiger partial charge < -0.3 is 14.1 Å². The Balaban J connectivity index is 1.68. The van der Waals surface area contributed by atoms with Crippen LogP contribution < -0.4 is 0 Å². The molecule has 0 aliphatic heterocycles. The zero-order valence-electron chi connectivity index (χ0n) is 15.6. The number of furan rings is 1. The van der Waals surface area contributed by atoms with Crippen LogP contribution in [0.15, 0.2) is 40.8 Å². The quantitative estimate of drug-likeness (QED) is 0.507. The summed E-state index contributed by atoms with van der Waals surface area (Å²) >= 11 is 0. The third-order valence-corrected chi connectivity index (χ3v) is 4.34. The fourth-order valence-corrected chi connectivity index (χ4v) is 3.05. The third kappa shape index (κ3) is 3.78. The molecule has 0 fully saturated rings. The number of benzene rings is 1. The van der Waals surface area contributed by atoms with E-state index in [1.807, 2.05) is 0 Å². The highest BCUT2D eigenvalue weighted by atomic mass is 19.1. The Bertz CT molecular complexity index is 1060. The molecule has 0 saturated heterocycles. The average molecular weight is 383 g/mol. The monoisotopic (exact) mass is 383 g/mol. The average Bonchev–Trinajstić information content (AvgIpc) is 3.25.